The fourth-order valence-electron chi connectivity index (χ4n) is 1.74. The Kier molecular flexibility index (Phi) is 2.61. The third kappa shape index (κ3) is 1.20. The molecule has 2 aliphatic rings. The molecule has 5 heteroatoms. The van der Waals surface area contributed by atoms with Crippen molar-refractivity contribution in [3.05, 3.63) is 0 Å². The lowest BCUT2D eigenvalue weighted by Gasteiger charge is -2.23. The van der Waals surface area contributed by atoms with Crippen LogP contribution < -0.4 is 5.32 Å². The SMILES string of the molecule is COC(=O)C12COC(CN1)C2.Cl. The molecule has 2 heterocycles. The van der Waals surface area contributed by atoms with E-state index >= 15 is 0 Å². The van der Waals surface area contributed by atoms with E-state index in [0.29, 0.717) is 6.61 Å². The van der Waals surface area contributed by atoms with Crippen LogP contribution >= 0.6 is 12.4 Å². The van der Waals surface area contributed by atoms with Gasteiger partial charge in [0.05, 0.1) is 19.8 Å². The average molecular weight is 194 g/mol. The maximum Gasteiger partial charge on any atom is 0.328 e. The van der Waals surface area contributed by atoms with Crippen LogP contribution in [0.15, 0.2) is 0 Å². The Labute approximate surface area is 77.0 Å². The van der Waals surface area contributed by atoms with Crippen LogP contribution in [0.5, 0.6) is 0 Å². The van der Waals surface area contributed by atoms with Crippen molar-refractivity contribution in [3.63, 3.8) is 0 Å². The second kappa shape index (κ2) is 3.20. The molecule has 0 saturated carbocycles. The quantitative estimate of drug-likeness (QED) is 0.582. The van der Waals surface area contributed by atoms with E-state index in [-0.39, 0.29) is 24.5 Å². The van der Waals surface area contributed by atoms with E-state index in [4.69, 9.17) is 4.74 Å². The summed E-state index contributed by atoms with van der Waals surface area (Å²) in [6.07, 6.45) is 0.980. The monoisotopic (exact) mass is 193 g/mol. The molecule has 12 heavy (non-hydrogen) atoms. The van der Waals surface area contributed by atoms with Crippen molar-refractivity contribution in [2.45, 2.75) is 18.1 Å². The van der Waals surface area contributed by atoms with E-state index in [1.165, 1.54) is 7.11 Å². The second-order valence-corrected chi connectivity index (χ2v) is 3.09. The lowest BCUT2D eigenvalue weighted by Crippen LogP contribution is -2.51. The summed E-state index contributed by atoms with van der Waals surface area (Å²) in [5.41, 5.74) is -0.514. The molecular formula is C7H12ClNO3. The number of esters is 1. The molecule has 0 spiro atoms. The van der Waals surface area contributed by atoms with Crippen LogP contribution in [0.3, 0.4) is 0 Å². The normalized spacial score (nSPS) is 37.6. The van der Waals surface area contributed by atoms with Crippen molar-refractivity contribution in [1.82, 2.24) is 5.32 Å². The third-order valence-corrected chi connectivity index (χ3v) is 2.39. The summed E-state index contributed by atoms with van der Waals surface area (Å²) in [4.78, 5) is 11.2. The van der Waals surface area contributed by atoms with Crippen molar-refractivity contribution in [1.29, 1.82) is 0 Å². The van der Waals surface area contributed by atoms with Crippen molar-refractivity contribution >= 4 is 18.4 Å². The zero-order chi connectivity index (χ0) is 7.90. The molecule has 0 aromatic carbocycles. The van der Waals surface area contributed by atoms with Gasteiger partial charge in [0.1, 0.15) is 5.54 Å². The Morgan fingerprint density at radius 3 is 2.83 bits per heavy atom. The Morgan fingerprint density at radius 1 is 1.75 bits per heavy atom. The van der Waals surface area contributed by atoms with E-state index in [9.17, 15) is 4.79 Å². The van der Waals surface area contributed by atoms with Gasteiger partial charge in [-0.15, -0.1) is 12.4 Å². The number of methoxy groups -OCH3 is 1. The van der Waals surface area contributed by atoms with Crippen LogP contribution in [-0.4, -0.2) is 37.9 Å². The zero-order valence-electron chi connectivity index (χ0n) is 6.83. The van der Waals surface area contributed by atoms with Gasteiger partial charge >= 0.3 is 5.97 Å². The zero-order valence-corrected chi connectivity index (χ0v) is 7.65. The number of hydrogen-bond acceptors (Lipinski definition) is 4. The van der Waals surface area contributed by atoms with Crippen LogP contribution in [-0.2, 0) is 14.3 Å². The maximum atomic E-state index is 11.2. The molecule has 2 rings (SSSR count). The number of fused-ring (bicyclic) bond motifs is 2. The fourth-order valence-corrected chi connectivity index (χ4v) is 1.74. The molecule has 2 fully saturated rings. The van der Waals surface area contributed by atoms with Crippen molar-refractivity contribution in [3.8, 4) is 0 Å². The van der Waals surface area contributed by atoms with Crippen molar-refractivity contribution in [2.75, 3.05) is 20.3 Å². The molecule has 2 unspecified atom stereocenters. The predicted molar refractivity (Wildman–Crippen MR) is 44.4 cm³/mol. The van der Waals surface area contributed by atoms with E-state index in [0.717, 1.165) is 13.0 Å². The lowest BCUT2D eigenvalue weighted by atomic mass is 10.0. The summed E-state index contributed by atoms with van der Waals surface area (Å²) in [7, 11) is 1.41. The van der Waals surface area contributed by atoms with Gasteiger partial charge in [0.15, 0.2) is 0 Å². The largest absolute Gasteiger partial charge is 0.468 e. The van der Waals surface area contributed by atoms with Crippen LogP contribution in [0.1, 0.15) is 6.42 Å². The highest BCUT2D eigenvalue weighted by Gasteiger charge is 2.52. The summed E-state index contributed by atoms with van der Waals surface area (Å²) < 4.78 is 9.99. The van der Waals surface area contributed by atoms with Gasteiger partial charge in [-0.25, -0.2) is 4.79 Å². The highest BCUT2D eigenvalue weighted by atomic mass is 35.5. The molecule has 0 aliphatic carbocycles. The highest BCUT2D eigenvalue weighted by molar-refractivity contribution is 5.85. The van der Waals surface area contributed by atoms with Gasteiger partial charge in [-0.3, -0.25) is 5.32 Å². The smallest absolute Gasteiger partial charge is 0.328 e. The van der Waals surface area contributed by atoms with Gasteiger partial charge in [0.25, 0.3) is 0 Å². The number of rotatable bonds is 1. The Hall–Kier alpha value is -0.320. The number of hydrogen-bond donors (Lipinski definition) is 1. The summed E-state index contributed by atoms with van der Waals surface area (Å²) in [5.74, 6) is -0.197. The van der Waals surface area contributed by atoms with E-state index < -0.39 is 5.54 Å². The number of halogens is 1. The summed E-state index contributed by atoms with van der Waals surface area (Å²) >= 11 is 0. The minimum atomic E-state index is -0.514. The summed E-state index contributed by atoms with van der Waals surface area (Å²) in [6, 6.07) is 0. The van der Waals surface area contributed by atoms with Crippen LogP contribution in [0.2, 0.25) is 0 Å². The topological polar surface area (TPSA) is 47.6 Å². The van der Waals surface area contributed by atoms with E-state index in [2.05, 4.69) is 10.1 Å². The molecule has 2 bridgehead atoms. The van der Waals surface area contributed by atoms with Gasteiger partial charge in [0, 0.05) is 13.0 Å². The third-order valence-electron chi connectivity index (χ3n) is 2.39. The Morgan fingerprint density at radius 2 is 2.50 bits per heavy atom. The number of morpholine rings is 1. The Balaban J connectivity index is 0.000000720. The van der Waals surface area contributed by atoms with Gasteiger partial charge < -0.3 is 9.47 Å². The average Bonchev–Trinajstić information content (AvgIpc) is 2.62. The fraction of sp³-hybridized carbons (Fsp3) is 0.857. The molecule has 0 amide bonds. The van der Waals surface area contributed by atoms with Crippen LogP contribution in [0.25, 0.3) is 0 Å². The number of ether oxygens (including phenoxy) is 2. The molecular weight excluding hydrogens is 182 g/mol. The first-order chi connectivity index (χ1) is 5.27. The number of carbonyl (C=O) groups is 1. The molecule has 0 aromatic heterocycles. The molecule has 1 N–H and O–H groups in total. The summed E-state index contributed by atoms with van der Waals surface area (Å²) in [6.45, 7) is 1.24. The van der Waals surface area contributed by atoms with Crippen LogP contribution in [0.4, 0.5) is 0 Å². The summed E-state index contributed by atoms with van der Waals surface area (Å²) in [5, 5.41) is 3.12. The molecule has 2 aliphatic heterocycles. The molecule has 2 atom stereocenters. The maximum absolute atomic E-state index is 11.2. The first-order valence-electron chi connectivity index (χ1n) is 3.72. The van der Waals surface area contributed by atoms with Gasteiger partial charge in [0.2, 0.25) is 0 Å². The number of carbonyl (C=O) groups excluding carboxylic acids is 1. The lowest BCUT2D eigenvalue weighted by molar-refractivity contribution is -0.148. The first-order valence-corrected chi connectivity index (χ1v) is 3.72. The van der Waals surface area contributed by atoms with Crippen molar-refractivity contribution < 1.29 is 14.3 Å². The van der Waals surface area contributed by atoms with Gasteiger partial charge in [-0.05, 0) is 0 Å². The molecule has 4 nitrogen and oxygen atoms in total. The second-order valence-electron chi connectivity index (χ2n) is 3.09. The van der Waals surface area contributed by atoms with E-state index in [1.807, 2.05) is 0 Å². The predicted octanol–water partition coefficient (Wildman–Crippen LogP) is -0.288. The first kappa shape index (κ1) is 9.77. The van der Waals surface area contributed by atoms with Gasteiger partial charge in [-0.1, -0.05) is 0 Å². The standard InChI is InChI=1S/C7H11NO3.ClH/c1-10-6(9)7-2-5(3-8-7)11-4-7;/h5,8H,2-4H2,1H3;1H. The molecule has 0 radical (unpaired) electrons. The van der Waals surface area contributed by atoms with Gasteiger partial charge in [-0.2, -0.15) is 0 Å². The molecule has 70 valence electrons. The van der Waals surface area contributed by atoms with Crippen LogP contribution in [0, 0.1) is 0 Å². The highest BCUT2D eigenvalue weighted by Crippen LogP contribution is 2.30. The van der Waals surface area contributed by atoms with Crippen molar-refractivity contribution in [2.24, 2.45) is 0 Å². The molecule has 0 aromatic rings. The number of nitrogens with one attached hydrogen (secondary N) is 1. The molecule has 2 saturated heterocycles. The minimum absolute atomic E-state index is 0. The Bertz CT molecular complexity index is 189. The van der Waals surface area contributed by atoms with E-state index in [1.54, 1.807) is 0 Å². The minimum Gasteiger partial charge on any atom is -0.468 e.